The van der Waals surface area contributed by atoms with E-state index in [1.807, 2.05) is 0 Å². The fraction of sp³-hybridized carbons (Fsp3) is 0.400. The maximum absolute atomic E-state index is 12.0. The van der Waals surface area contributed by atoms with E-state index in [9.17, 15) is 8.42 Å². The Morgan fingerprint density at radius 1 is 1.40 bits per heavy atom. The van der Waals surface area contributed by atoms with Gasteiger partial charge >= 0.3 is 0 Å². The smallest absolute Gasteiger partial charge is 0.243 e. The van der Waals surface area contributed by atoms with Crippen molar-refractivity contribution in [3.05, 3.63) is 23.8 Å². The van der Waals surface area contributed by atoms with Gasteiger partial charge in [0.2, 0.25) is 10.0 Å². The lowest BCUT2D eigenvalue weighted by atomic mass is 10.2. The van der Waals surface area contributed by atoms with Crippen LogP contribution in [0.3, 0.4) is 0 Å². The van der Waals surface area contributed by atoms with Gasteiger partial charge in [0.15, 0.2) is 0 Å². The van der Waals surface area contributed by atoms with Gasteiger partial charge in [0.1, 0.15) is 0 Å². The van der Waals surface area contributed by atoms with Crippen LogP contribution in [0.1, 0.15) is 12.5 Å². The van der Waals surface area contributed by atoms with E-state index in [1.165, 1.54) is 4.31 Å². The molecule has 0 aliphatic heterocycles. The maximum atomic E-state index is 12.0. The monoisotopic (exact) mass is 228 g/mol. The summed E-state index contributed by atoms with van der Waals surface area (Å²) in [4.78, 5) is 0.284. The molecule has 84 valence electrons. The first-order valence-corrected chi connectivity index (χ1v) is 6.16. The molecule has 4 nitrogen and oxygen atoms in total. The fourth-order valence-electron chi connectivity index (χ4n) is 1.25. The van der Waals surface area contributed by atoms with Gasteiger partial charge in [0.25, 0.3) is 0 Å². The summed E-state index contributed by atoms with van der Waals surface area (Å²) in [5, 5.41) is 0. The third kappa shape index (κ3) is 2.13. The molecule has 0 saturated heterocycles. The summed E-state index contributed by atoms with van der Waals surface area (Å²) < 4.78 is 25.3. The Hall–Kier alpha value is -1.07. The number of benzene rings is 1. The Balaban J connectivity index is 3.34. The summed E-state index contributed by atoms with van der Waals surface area (Å²) in [6.07, 6.45) is 0. The highest BCUT2D eigenvalue weighted by Crippen LogP contribution is 2.22. The second-order valence-electron chi connectivity index (χ2n) is 3.39. The molecule has 0 saturated carbocycles. The number of nitrogen functional groups attached to an aromatic ring is 1. The van der Waals surface area contributed by atoms with Crippen LogP contribution in [0.25, 0.3) is 0 Å². The Labute approximate surface area is 90.8 Å². The molecule has 0 aliphatic carbocycles. The largest absolute Gasteiger partial charge is 0.398 e. The van der Waals surface area contributed by atoms with Crippen molar-refractivity contribution in [3.8, 4) is 0 Å². The molecule has 0 amide bonds. The molecule has 0 aliphatic rings. The van der Waals surface area contributed by atoms with E-state index in [2.05, 4.69) is 0 Å². The van der Waals surface area contributed by atoms with Gasteiger partial charge in [-0.15, -0.1) is 0 Å². The first-order valence-electron chi connectivity index (χ1n) is 4.72. The molecule has 1 rings (SSSR count). The summed E-state index contributed by atoms with van der Waals surface area (Å²) >= 11 is 0. The van der Waals surface area contributed by atoms with Crippen LogP contribution in [0.4, 0.5) is 5.69 Å². The van der Waals surface area contributed by atoms with Gasteiger partial charge < -0.3 is 5.73 Å². The molecule has 1 aromatic rings. The second kappa shape index (κ2) is 4.20. The third-order valence-corrected chi connectivity index (χ3v) is 4.54. The molecule has 0 heterocycles. The lowest BCUT2D eigenvalue weighted by Crippen LogP contribution is -2.27. The molecule has 1 aromatic carbocycles. The predicted molar refractivity (Wildman–Crippen MR) is 61.1 cm³/mol. The lowest BCUT2D eigenvalue weighted by molar-refractivity contribution is 0.486. The van der Waals surface area contributed by atoms with Gasteiger partial charge in [-0.1, -0.05) is 13.0 Å². The molecular formula is C10H16N2O2S. The zero-order chi connectivity index (χ0) is 11.6. The molecule has 0 radical (unpaired) electrons. The van der Waals surface area contributed by atoms with E-state index in [0.29, 0.717) is 17.8 Å². The zero-order valence-electron chi connectivity index (χ0n) is 9.19. The average molecular weight is 228 g/mol. The Bertz CT molecular complexity index is 454. The van der Waals surface area contributed by atoms with E-state index in [1.54, 1.807) is 39.1 Å². The first-order chi connectivity index (χ1) is 6.91. The van der Waals surface area contributed by atoms with Crippen LogP contribution in [-0.4, -0.2) is 26.3 Å². The van der Waals surface area contributed by atoms with Crippen LogP contribution in [-0.2, 0) is 10.0 Å². The maximum Gasteiger partial charge on any atom is 0.243 e. The number of sulfonamides is 1. The van der Waals surface area contributed by atoms with E-state index in [0.717, 1.165) is 0 Å². The molecule has 0 bridgehead atoms. The molecule has 0 fully saturated rings. The summed E-state index contributed by atoms with van der Waals surface area (Å²) in [5.74, 6) is 0. The van der Waals surface area contributed by atoms with Crippen LogP contribution in [0, 0.1) is 6.92 Å². The lowest BCUT2D eigenvalue weighted by Gasteiger charge is -2.17. The van der Waals surface area contributed by atoms with Gasteiger partial charge in [-0.2, -0.15) is 0 Å². The molecule has 0 unspecified atom stereocenters. The molecule has 0 atom stereocenters. The van der Waals surface area contributed by atoms with Crippen molar-refractivity contribution in [2.45, 2.75) is 18.7 Å². The summed E-state index contributed by atoms with van der Waals surface area (Å²) in [6, 6.07) is 4.92. The van der Waals surface area contributed by atoms with Gasteiger partial charge in [-0.25, -0.2) is 12.7 Å². The van der Waals surface area contributed by atoms with Crippen LogP contribution < -0.4 is 5.73 Å². The molecule has 2 N–H and O–H groups in total. The van der Waals surface area contributed by atoms with E-state index in [-0.39, 0.29) is 4.90 Å². The predicted octanol–water partition coefficient (Wildman–Crippen LogP) is 1.22. The highest BCUT2D eigenvalue weighted by Gasteiger charge is 2.21. The van der Waals surface area contributed by atoms with Crippen molar-refractivity contribution >= 4 is 15.7 Å². The van der Waals surface area contributed by atoms with Crippen molar-refractivity contribution in [2.75, 3.05) is 19.3 Å². The van der Waals surface area contributed by atoms with E-state index in [4.69, 9.17) is 5.73 Å². The normalized spacial score (nSPS) is 12.0. The Kier molecular flexibility index (Phi) is 3.36. The number of hydrogen-bond donors (Lipinski definition) is 1. The topological polar surface area (TPSA) is 63.4 Å². The molecule has 0 spiro atoms. The first kappa shape index (κ1) is 12.0. The quantitative estimate of drug-likeness (QED) is 0.791. The van der Waals surface area contributed by atoms with Crippen molar-refractivity contribution in [2.24, 2.45) is 0 Å². The summed E-state index contributed by atoms with van der Waals surface area (Å²) in [6.45, 7) is 3.95. The zero-order valence-corrected chi connectivity index (χ0v) is 10.0. The van der Waals surface area contributed by atoms with Crippen molar-refractivity contribution in [1.29, 1.82) is 0 Å². The van der Waals surface area contributed by atoms with Gasteiger partial charge in [0.05, 0.1) is 4.90 Å². The Morgan fingerprint density at radius 3 is 2.53 bits per heavy atom. The number of nitrogens with zero attached hydrogens (tertiary/aromatic N) is 1. The molecule has 5 heteroatoms. The van der Waals surface area contributed by atoms with E-state index < -0.39 is 10.0 Å². The molecule has 15 heavy (non-hydrogen) atoms. The van der Waals surface area contributed by atoms with Gasteiger partial charge in [-0.3, -0.25) is 0 Å². The minimum Gasteiger partial charge on any atom is -0.398 e. The SMILES string of the molecule is CCN(C)S(=O)(=O)c1cccc(N)c1C. The summed E-state index contributed by atoms with van der Waals surface area (Å²) in [5.41, 5.74) is 6.79. The minimum atomic E-state index is -3.39. The average Bonchev–Trinajstić information content (AvgIpc) is 2.20. The number of nitrogens with two attached hydrogens (primary N) is 1. The van der Waals surface area contributed by atoms with Crippen molar-refractivity contribution < 1.29 is 8.42 Å². The minimum absolute atomic E-state index is 0.284. The Morgan fingerprint density at radius 2 is 2.00 bits per heavy atom. The summed E-state index contributed by atoms with van der Waals surface area (Å²) in [7, 11) is -1.84. The van der Waals surface area contributed by atoms with Crippen LogP contribution >= 0.6 is 0 Å². The van der Waals surface area contributed by atoms with Gasteiger partial charge in [-0.05, 0) is 24.6 Å². The molecule has 0 aromatic heterocycles. The standard InChI is InChI=1S/C10H16N2O2S/c1-4-12(3)15(13,14)10-7-5-6-9(11)8(10)2/h5-7H,4,11H2,1-3H3. The second-order valence-corrected chi connectivity index (χ2v) is 5.40. The molecular weight excluding hydrogens is 212 g/mol. The highest BCUT2D eigenvalue weighted by atomic mass is 32.2. The van der Waals surface area contributed by atoms with E-state index >= 15 is 0 Å². The highest BCUT2D eigenvalue weighted by molar-refractivity contribution is 7.89. The number of anilines is 1. The number of hydrogen-bond acceptors (Lipinski definition) is 3. The third-order valence-electron chi connectivity index (χ3n) is 2.46. The number of rotatable bonds is 3. The van der Waals surface area contributed by atoms with Crippen LogP contribution in [0.15, 0.2) is 23.1 Å². The van der Waals surface area contributed by atoms with Gasteiger partial charge in [0, 0.05) is 19.3 Å². The van der Waals surface area contributed by atoms with Crippen molar-refractivity contribution in [3.63, 3.8) is 0 Å². The fourth-order valence-corrected chi connectivity index (χ4v) is 2.68. The van der Waals surface area contributed by atoms with Crippen LogP contribution in [0.2, 0.25) is 0 Å². The van der Waals surface area contributed by atoms with Crippen molar-refractivity contribution in [1.82, 2.24) is 4.31 Å². The van der Waals surface area contributed by atoms with Crippen LogP contribution in [0.5, 0.6) is 0 Å².